The van der Waals surface area contributed by atoms with Crippen molar-refractivity contribution in [2.45, 2.75) is 76.7 Å². The largest absolute Gasteiger partial charge is 0.479 e. The van der Waals surface area contributed by atoms with Crippen molar-refractivity contribution in [1.29, 1.82) is 0 Å². The summed E-state index contributed by atoms with van der Waals surface area (Å²) in [5.74, 6) is 0.0484. The molecule has 0 aliphatic carbocycles. The highest BCUT2D eigenvalue weighted by atomic mass is 19.1. The molecule has 0 bridgehead atoms. The van der Waals surface area contributed by atoms with Crippen LogP contribution in [0, 0.1) is 23.5 Å². The molecule has 3 aliphatic heterocycles. The van der Waals surface area contributed by atoms with E-state index in [9.17, 15) is 13.6 Å². The summed E-state index contributed by atoms with van der Waals surface area (Å²) in [4.78, 5) is 14.9. The number of ether oxygens (including phenoxy) is 4. The van der Waals surface area contributed by atoms with Crippen molar-refractivity contribution in [2.24, 2.45) is 11.8 Å². The number of fused-ring (bicyclic) bond motifs is 1. The lowest BCUT2D eigenvalue weighted by Gasteiger charge is -2.43. The Morgan fingerprint density at radius 1 is 1.13 bits per heavy atom. The predicted octanol–water partition coefficient (Wildman–Crippen LogP) is 5.32. The molecule has 10 heteroatoms. The van der Waals surface area contributed by atoms with E-state index in [0.717, 1.165) is 82.1 Å². The first-order valence-electron chi connectivity index (χ1n) is 16.5. The molecule has 0 radical (unpaired) electrons. The molecule has 8 nitrogen and oxygen atoms in total. The average Bonchev–Trinajstić information content (AvgIpc) is 3.03. The highest BCUT2D eigenvalue weighted by Crippen LogP contribution is 2.42. The van der Waals surface area contributed by atoms with Crippen LogP contribution in [-0.4, -0.2) is 71.2 Å². The molecule has 248 valence electrons. The van der Waals surface area contributed by atoms with Crippen LogP contribution in [0.25, 0.3) is 0 Å². The Hall–Kier alpha value is -2.79. The van der Waals surface area contributed by atoms with Gasteiger partial charge in [0.2, 0.25) is 5.91 Å². The summed E-state index contributed by atoms with van der Waals surface area (Å²) in [6.45, 7) is 9.19. The number of piperidine rings is 1. The first-order valence-corrected chi connectivity index (χ1v) is 16.5. The normalized spacial score (nSPS) is 24.5. The molecule has 1 unspecified atom stereocenters. The molecule has 2 saturated heterocycles. The van der Waals surface area contributed by atoms with Crippen LogP contribution in [0.15, 0.2) is 36.4 Å². The fourth-order valence-electron chi connectivity index (χ4n) is 6.67. The van der Waals surface area contributed by atoms with Gasteiger partial charge in [0, 0.05) is 70.2 Å². The summed E-state index contributed by atoms with van der Waals surface area (Å²) in [6, 6.07) is 9.87. The van der Waals surface area contributed by atoms with E-state index in [4.69, 9.17) is 18.9 Å². The lowest BCUT2D eigenvalue weighted by Crippen LogP contribution is -2.47. The van der Waals surface area contributed by atoms with Gasteiger partial charge in [0.25, 0.3) is 0 Å². The van der Waals surface area contributed by atoms with Crippen LogP contribution in [-0.2, 0) is 31.2 Å². The molecular formula is C35H49F2N3O5. The van der Waals surface area contributed by atoms with Gasteiger partial charge in [-0.15, -0.1) is 0 Å². The second-order valence-electron chi connectivity index (χ2n) is 13.1. The smallest absolute Gasteiger partial charge is 0.222 e. The highest BCUT2D eigenvalue weighted by molar-refractivity contribution is 5.78. The Bertz CT molecular complexity index is 1250. The van der Waals surface area contributed by atoms with E-state index in [1.165, 1.54) is 12.1 Å². The monoisotopic (exact) mass is 629 g/mol. The molecule has 2 N–H and O–H groups in total. The Morgan fingerprint density at radius 3 is 2.62 bits per heavy atom. The SMILES string of the molecule is COCCCN1CC(C)(c2cc(F)cc(F)c2)Oc2ccc(CO[C@@H]3CC[C@@H](C[C@H](C)C(=O)NCC4CCOCC4)NC3)cc21. The number of methoxy groups -OCH3 is 1. The van der Waals surface area contributed by atoms with E-state index >= 15 is 0 Å². The fraction of sp³-hybridized carbons (Fsp3) is 0.629. The Kier molecular flexibility index (Phi) is 11.7. The molecule has 0 aromatic heterocycles. The van der Waals surface area contributed by atoms with Crippen molar-refractivity contribution in [3.63, 3.8) is 0 Å². The van der Waals surface area contributed by atoms with Crippen molar-refractivity contribution in [3.05, 3.63) is 59.2 Å². The third-order valence-corrected chi connectivity index (χ3v) is 9.39. The third-order valence-electron chi connectivity index (χ3n) is 9.39. The van der Waals surface area contributed by atoms with Gasteiger partial charge >= 0.3 is 0 Å². The predicted molar refractivity (Wildman–Crippen MR) is 169 cm³/mol. The number of halogens is 2. The van der Waals surface area contributed by atoms with Crippen LogP contribution in [0.2, 0.25) is 0 Å². The average molecular weight is 630 g/mol. The number of carbonyl (C=O) groups excluding carboxylic acids is 1. The van der Waals surface area contributed by atoms with Gasteiger partial charge in [-0.05, 0) is 81.2 Å². The summed E-state index contributed by atoms with van der Waals surface area (Å²) >= 11 is 0. The summed E-state index contributed by atoms with van der Waals surface area (Å²) in [7, 11) is 1.68. The molecule has 1 amide bonds. The maximum absolute atomic E-state index is 14.1. The van der Waals surface area contributed by atoms with Crippen molar-refractivity contribution >= 4 is 11.6 Å². The maximum Gasteiger partial charge on any atom is 0.222 e. The molecular weight excluding hydrogens is 580 g/mol. The van der Waals surface area contributed by atoms with Crippen molar-refractivity contribution in [1.82, 2.24) is 10.6 Å². The summed E-state index contributed by atoms with van der Waals surface area (Å²) in [5.41, 5.74) is 1.51. The van der Waals surface area contributed by atoms with E-state index < -0.39 is 17.2 Å². The molecule has 0 spiro atoms. The van der Waals surface area contributed by atoms with Crippen LogP contribution in [0.3, 0.4) is 0 Å². The van der Waals surface area contributed by atoms with E-state index in [1.807, 2.05) is 26.0 Å². The molecule has 3 aliphatic rings. The Balaban J connectivity index is 1.13. The molecule has 2 aromatic rings. The number of anilines is 1. The fourth-order valence-corrected chi connectivity index (χ4v) is 6.67. The summed E-state index contributed by atoms with van der Waals surface area (Å²) in [6.07, 6.45) is 5.65. The number of benzene rings is 2. The van der Waals surface area contributed by atoms with Gasteiger partial charge in [-0.3, -0.25) is 4.79 Å². The molecule has 4 atom stereocenters. The number of hydrogen-bond donors (Lipinski definition) is 2. The van der Waals surface area contributed by atoms with Crippen LogP contribution in [0.5, 0.6) is 5.75 Å². The number of amides is 1. The summed E-state index contributed by atoms with van der Waals surface area (Å²) < 4.78 is 51.7. The van der Waals surface area contributed by atoms with Crippen LogP contribution in [0.4, 0.5) is 14.5 Å². The van der Waals surface area contributed by atoms with Crippen LogP contribution in [0.1, 0.15) is 63.5 Å². The number of nitrogens with one attached hydrogen (secondary N) is 2. The van der Waals surface area contributed by atoms with E-state index in [1.54, 1.807) is 7.11 Å². The van der Waals surface area contributed by atoms with Gasteiger partial charge < -0.3 is 34.5 Å². The maximum atomic E-state index is 14.1. The van der Waals surface area contributed by atoms with Gasteiger partial charge in [0.05, 0.1) is 24.9 Å². The lowest BCUT2D eigenvalue weighted by atomic mass is 9.92. The number of carbonyl (C=O) groups is 1. The van der Waals surface area contributed by atoms with Gasteiger partial charge in [-0.25, -0.2) is 8.78 Å². The van der Waals surface area contributed by atoms with Crippen LogP contribution >= 0.6 is 0 Å². The minimum atomic E-state index is -0.922. The zero-order valence-corrected chi connectivity index (χ0v) is 26.9. The second kappa shape index (κ2) is 15.7. The first kappa shape index (κ1) is 33.6. The van der Waals surface area contributed by atoms with Gasteiger partial charge in [-0.1, -0.05) is 13.0 Å². The topological polar surface area (TPSA) is 81.3 Å². The van der Waals surface area contributed by atoms with Crippen molar-refractivity contribution in [2.75, 3.05) is 58.0 Å². The lowest BCUT2D eigenvalue weighted by molar-refractivity contribution is -0.125. The van der Waals surface area contributed by atoms with Crippen molar-refractivity contribution in [3.8, 4) is 5.75 Å². The number of hydrogen-bond acceptors (Lipinski definition) is 7. The zero-order valence-electron chi connectivity index (χ0n) is 26.9. The third kappa shape index (κ3) is 9.15. The summed E-state index contributed by atoms with van der Waals surface area (Å²) in [5, 5.41) is 6.75. The van der Waals surface area contributed by atoms with Crippen molar-refractivity contribution < 1.29 is 32.5 Å². The van der Waals surface area contributed by atoms with E-state index in [2.05, 4.69) is 21.6 Å². The molecule has 2 aromatic carbocycles. The second-order valence-corrected chi connectivity index (χ2v) is 13.1. The minimum absolute atomic E-state index is 0.0360. The minimum Gasteiger partial charge on any atom is -0.479 e. The van der Waals surface area contributed by atoms with Crippen LogP contribution < -0.4 is 20.3 Å². The van der Waals surface area contributed by atoms with E-state index in [0.29, 0.717) is 49.6 Å². The Morgan fingerprint density at radius 2 is 1.91 bits per heavy atom. The zero-order chi connectivity index (χ0) is 31.8. The standard InChI is InChI=1S/C35H49F2N3O5/c1-24(34(41)39-20-25-9-13-43-14-10-25)15-30-6-7-31(21-38-30)44-22-26-5-8-33-32(16-26)40(11-4-12-42-3)23-35(2,45-33)27-17-28(36)19-29(37)18-27/h5,8,16-19,24-25,30-31,38H,4,6-7,9-15,20-23H2,1-3H3,(H,39,41)/t24-,30-,31+,35?/m0/s1. The molecule has 2 fully saturated rings. The molecule has 5 rings (SSSR count). The quantitative estimate of drug-likeness (QED) is 0.290. The Labute approximate surface area is 266 Å². The van der Waals surface area contributed by atoms with Gasteiger partial charge in [0.15, 0.2) is 0 Å². The molecule has 45 heavy (non-hydrogen) atoms. The number of nitrogens with zero attached hydrogens (tertiary/aromatic N) is 1. The molecule has 0 saturated carbocycles. The van der Waals surface area contributed by atoms with Gasteiger partial charge in [-0.2, -0.15) is 0 Å². The van der Waals surface area contributed by atoms with Gasteiger partial charge in [0.1, 0.15) is 23.0 Å². The number of rotatable bonds is 13. The molecule has 3 heterocycles. The van der Waals surface area contributed by atoms with E-state index in [-0.39, 0.29) is 17.9 Å². The first-order chi connectivity index (χ1) is 21.7. The highest BCUT2D eigenvalue weighted by Gasteiger charge is 2.38.